The Bertz CT molecular complexity index is 575. The molecule has 0 aromatic carbocycles. The SMILES string of the molecule is CCc1nc(C(=O)NCc2ncc(C)cn2)c(C)o1. The van der Waals surface area contributed by atoms with Crippen LogP contribution in [0.15, 0.2) is 16.8 Å². The van der Waals surface area contributed by atoms with Crippen molar-refractivity contribution in [1.82, 2.24) is 20.3 Å². The summed E-state index contributed by atoms with van der Waals surface area (Å²) in [5.41, 5.74) is 1.30. The molecule has 0 unspecified atom stereocenters. The van der Waals surface area contributed by atoms with E-state index in [0.29, 0.717) is 29.6 Å². The first kappa shape index (κ1) is 13.2. The topological polar surface area (TPSA) is 80.9 Å². The molecule has 2 aromatic heterocycles. The van der Waals surface area contributed by atoms with E-state index in [0.717, 1.165) is 5.56 Å². The highest BCUT2D eigenvalue weighted by Crippen LogP contribution is 2.10. The van der Waals surface area contributed by atoms with Crippen LogP contribution in [0.4, 0.5) is 0 Å². The van der Waals surface area contributed by atoms with Crippen LogP contribution in [0.5, 0.6) is 0 Å². The number of hydrogen-bond donors (Lipinski definition) is 1. The van der Waals surface area contributed by atoms with E-state index in [1.807, 2.05) is 13.8 Å². The molecule has 6 heteroatoms. The molecule has 0 fully saturated rings. The van der Waals surface area contributed by atoms with Gasteiger partial charge in [0, 0.05) is 18.8 Å². The fourth-order valence-electron chi connectivity index (χ4n) is 1.57. The number of hydrogen-bond acceptors (Lipinski definition) is 5. The Hall–Kier alpha value is -2.24. The molecular formula is C13H16N4O2. The fourth-order valence-corrected chi connectivity index (χ4v) is 1.57. The van der Waals surface area contributed by atoms with Crippen LogP contribution in [0.25, 0.3) is 0 Å². The van der Waals surface area contributed by atoms with Crippen molar-refractivity contribution in [3.05, 3.63) is 41.1 Å². The standard InChI is InChI=1S/C13H16N4O2/c1-4-11-17-12(9(3)19-11)13(18)16-7-10-14-5-8(2)6-15-10/h5-6H,4,7H2,1-3H3,(H,16,18). The largest absolute Gasteiger partial charge is 0.445 e. The van der Waals surface area contributed by atoms with Crippen molar-refractivity contribution < 1.29 is 9.21 Å². The average molecular weight is 260 g/mol. The second-order valence-corrected chi connectivity index (χ2v) is 4.23. The van der Waals surface area contributed by atoms with Crippen molar-refractivity contribution in [2.75, 3.05) is 0 Å². The van der Waals surface area contributed by atoms with E-state index < -0.39 is 0 Å². The minimum absolute atomic E-state index is 0.271. The first-order chi connectivity index (χ1) is 9.10. The second kappa shape index (κ2) is 5.60. The van der Waals surface area contributed by atoms with Gasteiger partial charge in [-0.3, -0.25) is 4.79 Å². The quantitative estimate of drug-likeness (QED) is 0.902. The van der Waals surface area contributed by atoms with E-state index in [2.05, 4.69) is 20.3 Å². The lowest BCUT2D eigenvalue weighted by Crippen LogP contribution is -2.25. The van der Waals surface area contributed by atoms with Crippen LogP contribution >= 0.6 is 0 Å². The highest BCUT2D eigenvalue weighted by molar-refractivity contribution is 5.93. The molecule has 0 bridgehead atoms. The summed E-state index contributed by atoms with van der Waals surface area (Å²) in [5, 5.41) is 2.73. The normalized spacial score (nSPS) is 10.5. The molecular weight excluding hydrogens is 244 g/mol. The number of nitrogens with one attached hydrogen (secondary N) is 1. The Morgan fingerprint density at radius 3 is 2.58 bits per heavy atom. The molecule has 0 radical (unpaired) electrons. The maximum Gasteiger partial charge on any atom is 0.273 e. The molecule has 0 spiro atoms. The first-order valence-corrected chi connectivity index (χ1v) is 6.12. The second-order valence-electron chi connectivity index (χ2n) is 4.23. The van der Waals surface area contributed by atoms with Crippen LogP contribution in [-0.4, -0.2) is 20.9 Å². The van der Waals surface area contributed by atoms with Gasteiger partial charge < -0.3 is 9.73 Å². The van der Waals surface area contributed by atoms with Gasteiger partial charge in [-0.05, 0) is 19.4 Å². The number of oxazole rings is 1. The minimum atomic E-state index is -0.273. The lowest BCUT2D eigenvalue weighted by atomic mass is 10.3. The zero-order chi connectivity index (χ0) is 13.8. The lowest BCUT2D eigenvalue weighted by Gasteiger charge is -2.02. The van der Waals surface area contributed by atoms with Gasteiger partial charge in [0.15, 0.2) is 11.6 Å². The highest BCUT2D eigenvalue weighted by atomic mass is 16.4. The Balaban J connectivity index is 2.01. The van der Waals surface area contributed by atoms with Crippen LogP contribution in [0.3, 0.4) is 0 Å². The van der Waals surface area contributed by atoms with Crippen molar-refractivity contribution in [3.8, 4) is 0 Å². The summed E-state index contributed by atoms with van der Waals surface area (Å²) in [6.07, 6.45) is 4.09. The van der Waals surface area contributed by atoms with E-state index in [1.165, 1.54) is 0 Å². The summed E-state index contributed by atoms with van der Waals surface area (Å²) in [6, 6.07) is 0. The number of rotatable bonds is 4. The molecule has 0 atom stereocenters. The summed E-state index contributed by atoms with van der Waals surface area (Å²) in [6.45, 7) is 5.83. The summed E-state index contributed by atoms with van der Waals surface area (Å²) >= 11 is 0. The smallest absolute Gasteiger partial charge is 0.273 e. The number of nitrogens with zero attached hydrogens (tertiary/aromatic N) is 3. The molecule has 2 heterocycles. The molecule has 0 aliphatic heterocycles. The van der Waals surface area contributed by atoms with Crippen molar-refractivity contribution in [2.24, 2.45) is 0 Å². The highest BCUT2D eigenvalue weighted by Gasteiger charge is 2.16. The van der Waals surface area contributed by atoms with Crippen molar-refractivity contribution in [2.45, 2.75) is 33.7 Å². The van der Waals surface area contributed by atoms with E-state index in [4.69, 9.17) is 4.42 Å². The van der Waals surface area contributed by atoms with Gasteiger partial charge in [-0.1, -0.05) is 6.92 Å². The van der Waals surface area contributed by atoms with Crippen LogP contribution in [0.2, 0.25) is 0 Å². The predicted octanol–water partition coefficient (Wildman–Crippen LogP) is 1.57. The van der Waals surface area contributed by atoms with Gasteiger partial charge in [-0.15, -0.1) is 0 Å². The monoisotopic (exact) mass is 260 g/mol. The number of carbonyl (C=O) groups is 1. The van der Waals surface area contributed by atoms with Gasteiger partial charge in [-0.25, -0.2) is 15.0 Å². The van der Waals surface area contributed by atoms with E-state index in [1.54, 1.807) is 19.3 Å². The fraction of sp³-hybridized carbons (Fsp3) is 0.385. The van der Waals surface area contributed by atoms with Gasteiger partial charge >= 0.3 is 0 Å². The molecule has 0 saturated carbocycles. The third-order valence-electron chi connectivity index (χ3n) is 2.60. The Kier molecular flexibility index (Phi) is 3.89. The lowest BCUT2D eigenvalue weighted by molar-refractivity contribution is 0.0944. The summed E-state index contributed by atoms with van der Waals surface area (Å²) < 4.78 is 5.35. The molecule has 0 aliphatic rings. The van der Waals surface area contributed by atoms with Crippen molar-refractivity contribution in [3.63, 3.8) is 0 Å². The average Bonchev–Trinajstić information content (AvgIpc) is 2.79. The van der Waals surface area contributed by atoms with Crippen molar-refractivity contribution >= 4 is 5.91 Å². The van der Waals surface area contributed by atoms with Crippen LogP contribution < -0.4 is 5.32 Å². The minimum Gasteiger partial charge on any atom is -0.445 e. The summed E-state index contributed by atoms with van der Waals surface area (Å²) in [7, 11) is 0. The maximum absolute atomic E-state index is 11.9. The number of aromatic nitrogens is 3. The molecule has 6 nitrogen and oxygen atoms in total. The van der Waals surface area contributed by atoms with Gasteiger partial charge in [0.1, 0.15) is 11.6 Å². The predicted molar refractivity (Wildman–Crippen MR) is 68.6 cm³/mol. The summed E-state index contributed by atoms with van der Waals surface area (Å²) in [4.78, 5) is 24.3. The van der Waals surface area contributed by atoms with Gasteiger partial charge in [-0.2, -0.15) is 0 Å². The van der Waals surface area contributed by atoms with E-state index in [-0.39, 0.29) is 12.5 Å². The van der Waals surface area contributed by atoms with Gasteiger partial charge in [0.2, 0.25) is 0 Å². The van der Waals surface area contributed by atoms with Gasteiger partial charge in [0.05, 0.1) is 6.54 Å². The zero-order valence-corrected chi connectivity index (χ0v) is 11.2. The van der Waals surface area contributed by atoms with E-state index in [9.17, 15) is 4.79 Å². The Morgan fingerprint density at radius 1 is 1.32 bits per heavy atom. The van der Waals surface area contributed by atoms with Gasteiger partial charge in [0.25, 0.3) is 5.91 Å². The summed E-state index contributed by atoms with van der Waals surface area (Å²) in [5.74, 6) is 1.38. The number of aryl methyl sites for hydroxylation is 3. The first-order valence-electron chi connectivity index (χ1n) is 6.12. The molecule has 2 rings (SSSR count). The number of amides is 1. The third kappa shape index (κ3) is 3.15. The Morgan fingerprint density at radius 2 is 2.00 bits per heavy atom. The van der Waals surface area contributed by atoms with Crippen molar-refractivity contribution in [1.29, 1.82) is 0 Å². The Labute approximate surface area is 111 Å². The zero-order valence-electron chi connectivity index (χ0n) is 11.2. The van der Waals surface area contributed by atoms with Crippen LogP contribution in [-0.2, 0) is 13.0 Å². The molecule has 1 N–H and O–H groups in total. The van der Waals surface area contributed by atoms with E-state index >= 15 is 0 Å². The maximum atomic E-state index is 11.9. The third-order valence-corrected chi connectivity index (χ3v) is 2.60. The molecule has 19 heavy (non-hydrogen) atoms. The molecule has 0 saturated heterocycles. The number of carbonyl (C=O) groups excluding carboxylic acids is 1. The molecule has 100 valence electrons. The molecule has 1 amide bonds. The molecule has 2 aromatic rings. The van der Waals surface area contributed by atoms with Crippen LogP contribution in [0, 0.1) is 13.8 Å². The molecule has 0 aliphatic carbocycles. The van der Waals surface area contributed by atoms with Crippen LogP contribution in [0.1, 0.15) is 40.5 Å².